The lowest BCUT2D eigenvalue weighted by molar-refractivity contribution is -0.123. The number of nitrogens with one attached hydrogen (secondary N) is 2. The molecule has 0 bridgehead atoms. The smallest absolute Gasteiger partial charge is 0.262 e. The van der Waals surface area contributed by atoms with Gasteiger partial charge in [0.05, 0.1) is 17.3 Å². The van der Waals surface area contributed by atoms with Gasteiger partial charge in [-0.2, -0.15) is 5.10 Å². The van der Waals surface area contributed by atoms with E-state index >= 15 is 0 Å². The SMILES string of the molecule is CCOc1cc(C=NNC(=O)C(NC(=O)c2cccc(Cl)c2)C(C)C)cc(Br)c1O. The van der Waals surface area contributed by atoms with E-state index in [0.29, 0.717) is 33.0 Å². The number of phenolic OH excluding ortho intramolecular Hbond substituents is 1. The van der Waals surface area contributed by atoms with E-state index in [1.807, 2.05) is 13.8 Å². The van der Waals surface area contributed by atoms with Crippen molar-refractivity contribution in [3.8, 4) is 11.5 Å². The Labute approximate surface area is 188 Å². The van der Waals surface area contributed by atoms with Crippen molar-refractivity contribution in [2.75, 3.05) is 6.61 Å². The number of hydrazone groups is 1. The van der Waals surface area contributed by atoms with Crippen molar-refractivity contribution in [1.82, 2.24) is 10.7 Å². The van der Waals surface area contributed by atoms with Crippen molar-refractivity contribution >= 4 is 45.6 Å². The number of ether oxygens (including phenoxy) is 1. The maximum Gasteiger partial charge on any atom is 0.262 e. The quantitative estimate of drug-likeness (QED) is 0.378. The summed E-state index contributed by atoms with van der Waals surface area (Å²) in [6.45, 7) is 5.83. The highest BCUT2D eigenvalue weighted by atomic mass is 79.9. The lowest BCUT2D eigenvalue weighted by Crippen LogP contribution is -2.48. The number of phenols is 1. The minimum atomic E-state index is -0.792. The molecule has 1 unspecified atom stereocenters. The summed E-state index contributed by atoms with van der Waals surface area (Å²) >= 11 is 9.17. The van der Waals surface area contributed by atoms with E-state index < -0.39 is 17.9 Å². The molecule has 0 heterocycles. The minimum Gasteiger partial charge on any atom is -0.503 e. The minimum absolute atomic E-state index is 0.0124. The first kappa shape index (κ1) is 23.7. The van der Waals surface area contributed by atoms with E-state index in [1.165, 1.54) is 12.3 Å². The van der Waals surface area contributed by atoms with E-state index in [1.54, 1.807) is 37.3 Å². The first-order valence-electron chi connectivity index (χ1n) is 9.27. The van der Waals surface area contributed by atoms with Crippen LogP contribution in [-0.2, 0) is 4.79 Å². The first-order valence-corrected chi connectivity index (χ1v) is 10.4. The predicted octanol–water partition coefficient (Wildman–Crippen LogP) is 4.11. The van der Waals surface area contributed by atoms with Gasteiger partial charge in [0.15, 0.2) is 11.5 Å². The zero-order valence-corrected chi connectivity index (χ0v) is 19.1. The van der Waals surface area contributed by atoms with Gasteiger partial charge in [0.25, 0.3) is 11.8 Å². The molecule has 0 saturated heterocycles. The summed E-state index contributed by atoms with van der Waals surface area (Å²) in [4.78, 5) is 25.0. The molecule has 0 aromatic heterocycles. The molecule has 7 nitrogen and oxygen atoms in total. The third-order valence-corrected chi connectivity index (χ3v) is 4.90. The van der Waals surface area contributed by atoms with E-state index in [-0.39, 0.29) is 11.7 Å². The number of halogens is 2. The molecule has 0 aliphatic carbocycles. The molecule has 2 amide bonds. The molecule has 2 rings (SSSR count). The fourth-order valence-electron chi connectivity index (χ4n) is 2.56. The van der Waals surface area contributed by atoms with Gasteiger partial charge >= 0.3 is 0 Å². The van der Waals surface area contributed by atoms with Crippen LogP contribution in [0.3, 0.4) is 0 Å². The van der Waals surface area contributed by atoms with Crippen molar-refractivity contribution in [3.63, 3.8) is 0 Å². The maximum absolute atomic E-state index is 12.6. The second kappa shape index (κ2) is 11.0. The number of rotatable bonds is 8. The monoisotopic (exact) mass is 495 g/mol. The van der Waals surface area contributed by atoms with E-state index in [0.717, 1.165) is 0 Å². The Morgan fingerprint density at radius 3 is 2.67 bits per heavy atom. The second-order valence-electron chi connectivity index (χ2n) is 6.72. The summed E-state index contributed by atoms with van der Waals surface area (Å²) in [6, 6.07) is 8.92. The van der Waals surface area contributed by atoms with Gasteiger partial charge in [-0.05, 0) is 64.7 Å². The molecule has 9 heteroatoms. The van der Waals surface area contributed by atoms with Crippen molar-refractivity contribution in [3.05, 3.63) is 57.0 Å². The summed E-state index contributed by atoms with van der Waals surface area (Å²) in [5.74, 6) is -0.746. The van der Waals surface area contributed by atoms with Crippen LogP contribution in [0.2, 0.25) is 5.02 Å². The van der Waals surface area contributed by atoms with Crippen LogP contribution in [0.15, 0.2) is 46.0 Å². The Kier molecular flexibility index (Phi) is 8.68. The highest BCUT2D eigenvalue weighted by Crippen LogP contribution is 2.35. The van der Waals surface area contributed by atoms with E-state index in [9.17, 15) is 14.7 Å². The van der Waals surface area contributed by atoms with Crippen LogP contribution < -0.4 is 15.5 Å². The largest absolute Gasteiger partial charge is 0.503 e. The lowest BCUT2D eigenvalue weighted by Gasteiger charge is -2.20. The molecule has 0 spiro atoms. The van der Waals surface area contributed by atoms with E-state index in [4.69, 9.17) is 16.3 Å². The first-order chi connectivity index (χ1) is 14.2. The summed E-state index contributed by atoms with van der Waals surface area (Å²) in [5.41, 5.74) is 3.40. The Bertz CT molecular complexity index is 950. The maximum atomic E-state index is 12.6. The highest BCUT2D eigenvalue weighted by Gasteiger charge is 2.24. The molecule has 2 aromatic carbocycles. The highest BCUT2D eigenvalue weighted by molar-refractivity contribution is 9.10. The van der Waals surface area contributed by atoms with Gasteiger partial charge < -0.3 is 15.2 Å². The van der Waals surface area contributed by atoms with Crippen LogP contribution in [0.25, 0.3) is 0 Å². The van der Waals surface area contributed by atoms with Gasteiger partial charge in [-0.15, -0.1) is 0 Å². The number of hydrogen-bond donors (Lipinski definition) is 3. The van der Waals surface area contributed by atoms with Gasteiger partial charge in [0.2, 0.25) is 0 Å². The predicted molar refractivity (Wildman–Crippen MR) is 120 cm³/mol. The van der Waals surface area contributed by atoms with Gasteiger partial charge in [0, 0.05) is 10.6 Å². The molecular weight excluding hydrogens is 474 g/mol. The fraction of sp³-hybridized carbons (Fsp3) is 0.286. The molecule has 0 aliphatic rings. The van der Waals surface area contributed by atoms with Crippen LogP contribution in [0.1, 0.15) is 36.7 Å². The van der Waals surface area contributed by atoms with Crippen LogP contribution in [0.4, 0.5) is 0 Å². The average molecular weight is 497 g/mol. The van der Waals surface area contributed by atoms with Crippen molar-refractivity contribution in [2.24, 2.45) is 11.0 Å². The number of nitrogens with zero attached hydrogens (tertiary/aromatic N) is 1. The van der Waals surface area contributed by atoms with Crippen molar-refractivity contribution in [2.45, 2.75) is 26.8 Å². The molecule has 0 fully saturated rings. The Morgan fingerprint density at radius 1 is 1.30 bits per heavy atom. The molecule has 1 atom stereocenters. The van der Waals surface area contributed by atoms with Gasteiger partial charge in [-0.1, -0.05) is 31.5 Å². The number of carbonyl (C=O) groups is 2. The normalized spacial score (nSPS) is 12.1. The van der Waals surface area contributed by atoms with Crippen molar-refractivity contribution < 1.29 is 19.4 Å². The summed E-state index contributed by atoms with van der Waals surface area (Å²) in [5, 5.41) is 17.1. The molecule has 0 saturated carbocycles. The topological polar surface area (TPSA) is 100 Å². The van der Waals surface area contributed by atoms with E-state index in [2.05, 4.69) is 31.8 Å². The summed E-state index contributed by atoms with van der Waals surface area (Å²) in [7, 11) is 0. The number of benzene rings is 2. The third-order valence-electron chi connectivity index (χ3n) is 4.06. The number of carbonyl (C=O) groups excluding carboxylic acids is 2. The Hall–Kier alpha value is -2.58. The zero-order chi connectivity index (χ0) is 22.3. The Morgan fingerprint density at radius 2 is 2.03 bits per heavy atom. The molecule has 30 heavy (non-hydrogen) atoms. The van der Waals surface area contributed by atoms with Crippen LogP contribution in [-0.4, -0.2) is 35.8 Å². The molecular formula is C21H23BrClN3O4. The molecule has 3 N–H and O–H groups in total. The molecule has 160 valence electrons. The molecule has 2 aromatic rings. The Balaban J connectivity index is 2.07. The van der Waals surface area contributed by atoms with Gasteiger partial charge in [-0.3, -0.25) is 9.59 Å². The van der Waals surface area contributed by atoms with Crippen LogP contribution in [0.5, 0.6) is 11.5 Å². The zero-order valence-electron chi connectivity index (χ0n) is 16.8. The molecule has 0 aliphatic heterocycles. The van der Waals surface area contributed by atoms with Crippen LogP contribution >= 0.6 is 27.5 Å². The number of amides is 2. The second-order valence-corrected chi connectivity index (χ2v) is 8.01. The summed E-state index contributed by atoms with van der Waals surface area (Å²) < 4.78 is 5.80. The fourth-order valence-corrected chi connectivity index (χ4v) is 3.21. The van der Waals surface area contributed by atoms with Gasteiger partial charge in [0.1, 0.15) is 6.04 Å². The number of hydrogen-bond acceptors (Lipinski definition) is 5. The molecule has 0 radical (unpaired) electrons. The van der Waals surface area contributed by atoms with Crippen molar-refractivity contribution in [1.29, 1.82) is 0 Å². The lowest BCUT2D eigenvalue weighted by atomic mass is 10.0. The standard InChI is InChI=1S/C21H23BrClN3O4/c1-4-30-17-9-13(8-16(22)19(17)27)11-24-26-21(29)18(12(2)3)25-20(28)14-6-5-7-15(23)10-14/h5-12,18,27H,4H2,1-3H3,(H,25,28)(H,26,29). The third kappa shape index (κ3) is 6.47. The number of aromatic hydroxyl groups is 1. The summed E-state index contributed by atoms with van der Waals surface area (Å²) in [6.07, 6.45) is 1.42. The average Bonchev–Trinajstić information content (AvgIpc) is 2.69. The van der Waals surface area contributed by atoms with Gasteiger partial charge in [-0.25, -0.2) is 5.43 Å². The van der Waals surface area contributed by atoms with Crippen LogP contribution in [0, 0.1) is 5.92 Å².